The third-order valence-electron chi connectivity index (χ3n) is 3.62. The number of hydrogen-bond acceptors (Lipinski definition) is 1. The lowest BCUT2D eigenvalue weighted by Crippen LogP contribution is -2.25. The van der Waals surface area contributed by atoms with Crippen LogP contribution in [0.15, 0.2) is 42.5 Å². The summed E-state index contributed by atoms with van der Waals surface area (Å²) in [6, 6.07) is 13.0. The quantitative estimate of drug-likeness (QED) is 0.785. The van der Waals surface area contributed by atoms with Crippen LogP contribution in [0.25, 0.3) is 0 Å². The summed E-state index contributed by atoms with van der Waals surface area (Å²) in [6.07, 6.45) is 1.62. The lowest BCUT2D eigenvalue weighted by molar-refractivity contribution is 0.513. The molecule has 1 unspecified atom stereocenters. The molecule has 1 atom stereocenters. The predicted octanol–water partition coefficient (Wildman–Crippen LogP) is 5.07. The predicted molar refractivity (Wildman–Crippen MR) is 87.3 cm³/mol. The van der Waals surface area contributed by atoms with E-state index in [1.54, 1.807) is 6.07 Å². The summed E-state index contributed by atoms with van der Waals surface area (Å²) < 4.78 is 13.9. The summed E-state index contributed by atoms with van der Waals surface area (Å²) in [6.45, 7) is 4.99. The second kappa shape index (κ2) is 7.58. The molecule has 0 aliphatic heterocycles. The first-order valence-corrected chi connectivity index (χ1v) is 7.73. The zero-order valence-electron chi connectivity index (χ0n) is 12.5. The molecule has 2 aromatic carbocycles. The highest BCUT2D eigenvalue weighted by Gasteiger charge is 2.17. The van der Waals surface area contributed by atoms with Crippen molar-refractivity contribution in [1.29, 1.82) is 0 Å². The van der Waals surface area contributed by atoms with Gasteiger partial charge in [-0.05, 0) is 49.1 Å². The van der Waals surface area contributed by atoms with Gasteiger partial charge >= 0.3 is 0 Å². The van der Waals surface area contributed by atoms with E-state index in [0.29, 0.717) is 12.0 Å². The normalized spacial score (nSPS) is 12.4. The van der Waals surface area contributed by atoms with Crippen molar-refractivity contribution < 1.29 is 4.39 Å². The van der Waals surface area contributed by atoms with Gasteiger partial charge in [0.05, 0.1) is 0 Å². The highest BCUT2D eigenvalue weighted by molar-refractivity contribution is 6.32. The highest BCUT2D eigenvalue weighted by Crippen LogP contribution is 2.29. The molecular formula is C18H21ClFN. The van der Waals surface area contributed by atoms with E-state index in [0.717, 1.165) is 29.1 Å². The van der Waals surface area contributed by atoms with Crippen molar-refractivity contribution in [1.82, 2.24) is 5.32 Å². The number of hydrogen-bond donors (Lipinski definition) is 1. The summed E-state index contributed by atoms with van der Waals surface area (Å²) in [5, 5.41) is 4.24. The molecular weight excluding hydrogens is 285 g/mol. The molecule has 21 heavy (non-hydrogen) atoms. The molecule has 2 rings (SSSR count). The fourth-order valence-electron chi connectivity index (χ4n) is 2.43. The summed E-state index contributed by atoms with van der Waals surface area (Å²) in [4.78, 5) is 0. The van der Waals surface area contributed by atoms with Gasteiger partial charge in [-0.2, -0.15) is 0 Å². The molecule has 0 aliphatic carbocycles. The summed E-state index contributed by atoms with van der Waals surface area (Å²) in [5.74, 6) is -0.162. The Balaban J connectivity index is 2.30. The molecule has 2 aromatic rings. The van der Waals surface area contributed by atoms with Gasteiger partial charge < -0.3 is 5.32 Å². The molecule has 0 fully saturated rings. The Labute approximate surface area is 131 Å². The van der Waals surface area contributed by atoms with E-state index in [9.17, 15) is 4.39 Å². The molecule has 0 aliphatic rings. The van der Waals surface area contributed by atoms with Gasteiger partial charge in [-0.15, -0.1) is 0 Å². The first kappa shape index (κ1) is 16.0. The van der Waals surface area contributed by atoms with Gasteiger partial charge in [0.1, 0.15) is 5.82 Å². The van der Waals surface area contributed by atoms with Crippen LogP contribution in [0, 0.1) is 12.7 Å². The number of halogens is 2. The van der Waals surface area contributed by atoms with Crippen molar-refractivity contribution >= 4 is 11.6 Å². The smallest absolute Gasteiger partial charge is 0.126 e. The lowest BCUT2D eigenvalue weighted by atomic mass is 9.97. The van der Waals surface area contributed by atoms with Crippen molar-refractivity contribution in [2.75, 3.05) is 6.54 Å². The second-order valence-corrected chi connectivity index (χ2v) is 5.66. The van der Waals surface area contributed by atoms with Gasteiger partial charge in [0, 0.05) is 11.1 Å². The molecule has 0 amide bonds. The monoisotopic (exact) mass is 305 g/mol. The molecule has 0 aromatic heterocycles. The van der Waals surface area contributed by atoms with E-state index in [1.807, 2.05) is 37.3 Å². The van der Waals surface area contributed by atoms with Gasteiger partial charge in [-0.1, -0.05) is 54.9 Å². The largest absolute Gasteiger partial charge is 0.310 e. The highest BCUT2D eigenvalue weighted by atomic mass is 35.5. The minimum absolute atomic E-state index is 0.0225. The minimum atomic E-state index is -0.162. The van der Waals surface area contributed by atoms with Crippen molar-refractivity contribution in [2.24, 2.45) is 0 Å². The zero-order valence-corrected chi connectivity index (χ0v) is 13.3. The minimum Gasteiger partial charge on any atom is -0.310 e. The Kier molecular flexibility index (Phi) is 5.77. The van der Waals surface area contributed by atoms with Gasteiger partial charge in [-0.25, -0.2) is 4.39 Å². The average Bonchev–Trinajstić information content (AvgIpc) is 2.48. The Bertz CT molecular complexity index is 598. The molecule has 0 saturated carbocycles. The molecule has 3 heteroatoms. The number of aryl methyl sites for hydroxylation is 1. The van der Waals surface area contributed by atoms with Crippen LogP contribution in [0.3, 0.4) is 0 Å². The topological polar surface area (TPSA) is 12.0 Å². The van der Waals surface area contributed by atoms with Gasteiger partial charge in [-0.3, -0.25) is 0 Å². The van der Waals surface area contributed by atoms with Crippen LogP contribution in [0.4, 0.5) is 4.39 Å². The maximum absolute atomic E-state index is 13.9. The standard InChI is InChI=1S/C18H21ClFN/c1-3-11-21-17(12-14-8-4-5-10-16(14)20)15-9-6-7-13(2)18(15)19/h4-10,17,21H,3,11-12H2,1-2H3. The molecule has 0 radical (unpaired) electrons. The van der Waals surface area contributed by atoms with Crippen LogP contribution >= 0.6 is 11.6 Å². The zero-order chi connectivity index (χ0) is 15.2. The van der Waals surface area contributed by atoms with Crippen LogP contribution in [0.2, 0.25) is 5.02 Å². The maximum Gasteiger partial charge on any atom is 0.126 e. The summed E-state index contributed by atoms with van der Waals surface area (Å²) in [7, 11) is 0. The molecule has 0 heterocycles. The fourth-order valence-corrected chi connectivity index (χ4v) is 2.69. The van der Waals surface area contributed by atoms with E-state index in [-0.39, 0.29) is 11.9 Å². The van der Waals surface area contributed by atoms with Gasteiger partial charge in [0.25, 0.3) is 0 Å². The Morgan fingerprint density at radius 2 is 1.90 bits per heavy atom. The van der Waals surface area contributed by atoms with Crippen LogP contribution < -0.4 is 5.32 Å². The molecule has 0 spiro atoms. The first-order valence-electron chi connectivity index (χ1n) is 7.35. The molecule has 112 valence electrons. The van der Waals surface area contributed by atoms with Crippen LogP contribution in [0.5, 0.6) is 0 Å². The maximum atomic E-state index is 13.9. The molecule has 1 nitrogen and oxygen atoms in total. The Morgan fingerprint density at radius 1 is 1.14 bits per heavy atom. The molecule has 1 N–H and O–H groups in total. The van der Waals surface area contributed by atoms with E-state index in [4.69, 9.17) is 11.6 Å². The Morgan fingerprint density at radius 3 is 2.62 bits per heavy atom. The van der Waals surface area contributed by atoms with E-state index < -0.39 is 0 Å². The lowest BCUT2D eigenvalue weighted by Gasteiger charge is -2.21. The van der Waals surface area contributed by atoms with Gasteiger partial charge in [0.2, 0.25) is 0 Å². The number of nitrogens with one attached hydrogen (secondary N) is 1. The first-order chi connectivity index (χ1) is 10.1. The third-order valence-corrected chi connectivity index (χ3v) is 4.14. The van der Waals surface area contributed by atoms with Crippen LogP contribution in [0.1, 0.15) is 36.1 Å². The van der Waals surface area contributed by atoms with Gasteiger partial charge in [0.15, 0.2) is 0 Å². The summed E-state index contributed by atoms with van der Waals surface area (Å²) in [5.41, 5.74) is 2.79. The molecule has 0 saturated heterocycles. The third kappa shape index (κ3) is 4.05. The summed E-state index contributed by atoms with van der Waals surface area (Å²) >= 11 is 6.44. The van der Waals surface area contributed by atoms with Crippen LogP contribution in [-0.4, -0.2) is 6.54 Å². The van der Waals surface area contributed by atoms with E-state index in [1.165, 1.54) is 6.07 Å². The van der Waals surface area contributed by atoms with Crippen molar-refractivity contribution in [3.05, 3.63) is 70.0 Å². The average molecular weight is 306 g/mol. The van der Waals surface area contributed by atoms with Crippen molar-refractivity contribution in [2.45, 2.75) is 32.7 Å². The van der Waals surface area contributed by atoms with Crippen molar-refractivity contribution in [3.8, 4) is 0 Å². The Hall–Kier alpha value is -1.38. The number of rotatable bonds is 6. The van der Waals surface area contributed by atoms with E-state index >= 15 is 0 Å². The SMILES string of the molecule is CCCNC(Cc1ccccc1F)c1cccc(C)c1Cl. The van der Waals surface area contributed by atoms with E-state index in [2.05, 4.69) is 12.2 Å². The fraction of sp³-hybridized carbons (Fsp3) is 0.333. The number of benzene rings is 2. The van der Waals surface area contributed by atoms with Crippen LogP contribution in [-0.2, 0) is 6.42 Å². The van der Waals surface area contributed by atoms with Crippen molar-refractivity contribution in [3.63, 3.8) is 0 Å². The second-order valence-electron chi connectivity index (χ2n) is 5.28. The molecule has 0 bridgehead atoms.